The molecule has 0 unspecified atom stereocenters. The molecule has 14 heteroatoms. The maximum atomic E-state index is 13.7. The number of hydrogen-bond donors (Lipinski definition) is 0. The molecule has 2 heterocycles. The molecular weight excluding hydrogens is 625 g/mol. The second-order valence-corrected chi connectivity index (χ2v) is 13.3. The van der Waals surface area contributed by atoms with Gasteiger partial charge in [0.05, 0.1) is 29.2 Å². The largest absolute Gasteiger partial charge is 0.493 e. The SMILES string of the molecule is COc1ccc([C@H](Cc2c(Cl)cncc2Cl)OC(=O)[C@@H]2SCCN2S(=O)(=O)c2cccc(C(=O)N(C)C)c2)cc1OC. The highest BCUT2D eigenvalue weighted by Crippen LogP contribution is 2.37. The Balaban J connectivity index is 1.66. The number of pyridine rings is 1. The molecule has 1 aliphatic heterocycles. The molecule has 4 rings (SSSR count). The first-order chi connectivity index (χ1) is 20.0. The lowest BCUT2D eigenvalue weighted by Gasteiger charge is -2.26. The molecule has 1 fully saturated rings. The van der Waals surface area contributed by atoms with Crippen molar-refractivity contribution >= 4 is 56.9 Å². The number of aromatic nitrogens is 1. The fourth-order valence-corrected chi connectivity index (χ4v) is 7.98. The van der Waals surface area contributed by atoms with Gasteiger partial charge in [-0.15, -0.1) is 11.8 Å². The van der Waals surface area contributed by atoms with Gasteiger partial charge in [0, 0.05) is 50.8 Å². The van der Waals surface area contributed by atoms with E-state index in [2.05, 4.69) is 4.98 Å². The Morgan fingerprint density at radius 3 is 2.40 bits per heavy atom. The summed E-state index contributed by atoms with van der Waals surface area (Å²) in [6.07, 6.45) is 2.04. The van der Waals surface area contributed by atoms with Gasteiger partial charge in [-0.25, -0.2) is 13.2 Å². The van der Waals surface area contributed by atoms with Gasteiger partial charge in [-0.3, -0.25) is 9.78 Å². The van der Waals surface area contributed by atoms with E-state index >= 15 is 0 Å². The van der Waals surface area contributed by atoms with E-state index in [4.69, 9.17) is 37.4 Å². The van der Waals surface area contributed by atoms with E-state index in [-0.39, 0.29) is 39.4 Å². The summed E-state index contributed by atoms with van der Waals surface area (Å²) < 4.78 is 45.3. The number of nitrogens with zero attached hydrogens (tertiary/aromatic N) is 3. The number of hydrogen-bond acceptors (Lipinski definition) is 9. The molecular formula is C28H29Cl2N3O7S2. The average Bonchev–Trinajstić information content (AvgIpc) is 3.49. The highest BCUT2D eigenvalue weighted by atomic mass is 35.5. The number of halogens is 2. The molecule has 0 N–H and O–H groups in total. The standard InChI is InChI=1S/C28H29Cl2N3O7S2/c1-32(2)26(34)18-6-5-7-19(12-18)42(36,37)33-10-11-41-27(33)28(35)40-24(14-20-21(29)15-31-16-22(20)30)17-8-9-23(38-3)25(13-17)39-4/h5-9,12-13,15-16,24,27H,10-11,14H2,1-4H3/t24-,27-/m0/s1. The minimum absolute atomic E-state index is 0.0836. The summed E-state index contributed by atoms with van der Waals surface area (Å²) >= 11 is 13.9. The molecule has 0 saturated carbocycles. The van der Waals surface area contributed by atoms with Gasteiger partial charge in [0.15, 0.2) is 16.9 Å². The molecule has 224 valence electrons. The number of methoxy groups -OCH3 is 2. The van der Waals surface area contributed by atoms with Gasteiger partial charge in [-0.1, -0.05) is 35.3 Å². The van der Waals surface area contributed by atoms with Gasteiger partial charge in [0.2, 0.25) is 10.0 Å². The van der Waals surface area contributed by atoms with E-state index in [0.717, 1.165) is 16.1 Å². The van der Waals surface area contributed by atoms with Crippen LogP contribution >= 0.6 is 35.0 Å². The third-order valence-electron chi connectivity index (χ3n) is 6.52. The van der Waals surface area contributed by atoms with E-state index < -0.39 is 27.5 Å². The van der Waals surface area contributed by atoms with Crippen LogP contribution in [0.25, 0.3) is 0 Å². The van der Waals surface area contributed by atoms with Crippen LogP contribution in [0.1, 0.15) is 27.6 Å². The first-order valence-electron chi connectivity index (χ1n) is 12.6. The molecule has 0 radical (unpaired) electrons. The number of benzene rings is 2. The lowest BCUT2D eigenvalue weighted by atomic mass is 10.0. The van der Waals surface area contributed by atoms with Crippen LogP contribution < -0.4 is 9.47 Å². The average molecular weight is 655 g/mol. The van der Waals surface area contributed by atoms with Crippen LogP contribution in [0.3, 0.4) is 0 Å². The van der Waals surface area contributed by atoms with Crippen LogP contribution in [0.4, 0.5) is 0 Å². The van der Waals surface area contributed by atoms with Crippen molar-refractivity contribution in [3.05, 3.63) is 81.6 Å². The van der Waals surface area contributed by atoms with Crippen LogP contribution in [0.5, 0.6) is 11.5 Å². The maximum absolute atomic E-state index is 13.7. The number of rotatable bonds is 10. The van der Waals surface area contributed by atoms with Gasteiger partial charge >= 0.3 is 5.97 Å². The van der Waals surface area contributed by atoms with Crippen LogP contribution in [0, 0.1) is 0 Å². The highest BCUT2D eigenvalue weighted by molar-refractivity contribution is 8.02. The monoisotopic (exact) mass is 653 g/mol. The van der Waals surface area contributed by atoms with E-state index in [1.165, 1.54) is 55.8 Å². The molecule has 1 saturated heterocycles. The number of ether oxygens (including phenoxy) is 3. The normalized spacial score (nSPS) is 16.1. The minimum atomic E-state index is -4.15. The number of sulfonamides is 1. The molecule has 2 aromatic carbocycles. The lowest BCUT2D eigenvalue weighted by Crippen LogP contribution is -2.40. The van der Waals surface area contributed by atoms with Gasteiger partial charge in [-0.2, -0.15) is 4.31 Å². The highest BCUT2D eigenvalue weighted by Gasteiger charge is 2.42. The van der Waals surface area contributed by atoms with Crippen molar-refractivity contribution in [2.24, 2.45) is 0 Å². The summed E-state index contributed by atoms with van der Waals surface area (Å²) in [5.41, 5.74) is 1.27. The van der Waals surface area contributed by atoms with E-state index in [0.29, 0.717) is 28.4 Å². The van der Waals surface area contributed by atoms with Crippen LogP contribution in [-0.2, 0) is 26.0 Å². The predicted octanol–water partition coefficient (Wildman–Crippen LogP) is 4.70. The zero-order valence-corrected chi connectivity index (χ0v) is 26.4. The Morgan fingerprint density at radius 2 is 1.76 bits per heavy atom. The van der Waals surface area contributed by atoms with Crippen molar-refractivity contribution in [3.8, 4) is 11.5 Å². The van der Waals surface area contributed by atoms with Crippen LogP contribution in [0.15, 0.2) is 59.8 Å². The van der Waals surface area contributed by atoms with Crippen molar-refractivity contribution in [3.63, 3.8) is 0 Å². The summed E-state index contributed by atoms with van der Waals surface area (Å²) in [5, 5.41) is -0.583. The summed E-state index contributed by atoms with van der Waals surface area (Å²) in [6, 6.07) is 10.8. The van der Waals surface area contributed by atoms with E-state index in [9.17, 15) is 18.0 Å². The van der Waals surface area contributed by atoms with Crippen LogP contribution in [0.2, 0.25) is 10.0 Å². The van der Waals surface area contributed by atoms with Crippen molar-refractivity contribution in [1.82, 2.24) is 14.2 Å². The van der Waals surface area contributed by atoms with Crippen molar-refractivity contribution in [2.75, 3.05) is 40.6 Å². The summed E-state index contributed by atoms with van der Waals surface area (Å²) in [5.74, 6) is 0.158. The van der Waals surface area contributed by atoms with Gasteiger partial charge in [0.1, 0.15) is 6.10 Å². The summed E-state index contributed by atoms with van der Waals surface area (Å²) in [6.45, 7) is 0.0850. The molecule has 2 atom stereocenters. The molecule has 1 aliphatic rings. The first kappa shape index (κ1) is 31.9. The Kier molecular flexibility index (Phi) is 10.3. The number of esters is 1. The minimum Gasteiger partial charge on any atom is -0.493 e. The van der Waals surface area contributed by atoms with Crippen molar-refractivity contribution < 1.29 is 32.2 Å². The van der Waals surface area contributed by atoms with E-state index in [1.54, 1.807) is 32.3 Å². The van der Waals surface area contributed by atoms with Crippen molar-refractivity contribution in [1.29, 1.82) is 0 Å². The van der Waals surface area contributed by atoms with Crippen molar-refractivity contribution in [2.45, 2.75) is 22.8 Å². The molecule has 0 aliphatic carbocycles. The first-order valence-corrected chi connectivity index (χ1v) is 15.9. The Bertz CT molecular complexity index is 1570. The summed E-state index contributed by atoms with van der Waals surface area (Å²) in [4.78, 5) is 31.4. The quantitative estimate of drug-likeness (QED) is 0.287. The zero-order chi connectivity index (χ0) is 30.6. The number of thioether (sulfide) groups is 1. The fraction of sp³-hybridized carbons (Fsp3) is 0.321. The fourth-order valence-electron chi connectivity index (χ4n) is 4.37. The molecule has 10 nitrogen and oxygen atoms in total. The topological polar surface area (TPSA) is 115 Å². The predicted molar refractivity (Wildman–Crippen MR) is 161 cm³/mol. The molecule has 1 aromatic heterocycles. The lowest BCUT2D eigenvalue weighted by molar-refractivity contribution is -0.150. The van der Waals surface area contributed by atoms with Gasteiger partial charge in [-0.05, 0) is 41.5 Å². The smallest absolute Gasteiger partial charge is 0.335 e. The number of carbonyl (C=O) groups is 2. The Morgan fingerprint density at radius 1 is 1.07 bits per heavy atom. The maximum Gasteiger partial charge on any atom is 0.335 e. The molecule has 0 spiro atoms. The zero-order valence-electron chi connectivity index (χ0n) is 23.2. The Labute approximate surface area is 258 Å². The molecule has 0 bridgehead atoms. The van der Waals surface area contributed by atoms with Crippen LogP contribution in [-0.4, -0.2) is 80.5 Å². The second kappa shape index (κ2) is 13.5. The molecule has 42 heavy (non-hydrogen) atoms. The molecule has 1 amide bonds. The van der Waals surface area contributed by atoms with E-state index in [1.807, 2.05) is 0 Å². The number of carbonyl (C=O) groups excluding carboxylic acids is 2. The second-order valence-electron chi connectivity index (χ2n) is 9.39. The van der Waals surface area contributed by atoms with Gasteiger partial charge < -0.3 is 19.1 Å². The number of amides is 1. The van der Waals surface area contributed by atoms with Gasteiger partial charge in [0.25, 0.3) is 5.91 Å². The Hall–Kier alpha value is -3.03. The molecule has 3 aromatic rings. The third-order valence-corrected chi connectivity index (χ3v) is 10.4. The summed E-state index contributed by atoms with van der Waals surface area (Å²) in [7, 11) is 1.99. The third kappa shape index (κ3) is 6.78.